The van der Waals surface area contributed by atoms with E-state index in [1.165, 1.54) is 6.07 Å². The van der Waals surface area contributed by atoms with Crippen molar-refractivity contribution in [3.8, 4) is 0 Å². The molecule has 116 valence electrons. The number of piperidine rings is 1. The minimum atomic E-state index is -0.840. The van der Waals surface area contributed by atoms with Crippen LogP contribution in [0.4, 0.5) is 8.78 Å². The summed E-state index contributed by atoms with van der Waals surface area (Å²) in [6, 6.07) is 3.91. The van der Waals surface area contributed by atoms with Gasteiger partial charge in [-0.1, -0.05) is 19.9 Å². The van der Waals surface area contributed by atoms with Crippen LogP contribution in [0.2, 0.25) is 0 Å². The highest BCUT2D eigenvalue weighted by molar-refractivity contribution is 5.78. The Bertz CT molecular complexity index is 507. The highest BCUT2D eigenvalue weighted by Gasteiger charge is 2.29. The van der Waals surface area contributed by atoms with Gasteiger partial charge in [-0.15, -0.1) is 0 Å². The topological polar surface area (TPSA) is 41.1 Å². The molecule has 0 bridgehead atoms. The lowest BCUT2D eigenvalue weighted by atomic mass is 9.85. The van der Waals surface area contributed by atoms with Gasteiger partial charge in [-0.2, -0.15) is 0 Å². The fourth-order valence-corrected chi connectivity index (χ4v) is 2.66. The first-order chi connectivity index (χ1) is 10.0. The molecule has 2 rings (SSSR count). The maximum Gasteiger partial charge on any atom is 0.223 e. The molecular formula is C16H22F2N2O. The van der Waals surface area contributed by atoms with Gasteiger partial charge in [0.25, 0.3) is 0 Å². The molecule has 0 aromatic heterocycles. The third kappa shape index (κ3) is 3.79. The van der Waals surface area contributed by atoms with E-state index >= 15 is 0 Å². The molecule has 3 atom stereocenters. The summed E-state index contributed by atoms with van der Waals surface area (Å²) in [6.07, 6.45) is 1.57. The highest BCUT2D eigenvalue weighted by Crippen LogP contribution is 2.27. The third-order valence-corrected chi connectivity index (χ3v) is 4.24. The van der Waals surface area contributed by atoms with Crippen LogP contribution in [-0.2, 0) is 4.79 Å². The van der Waals surface area contributed by atoms with Crippen molar-refractivity contribution in [2.24, 2.45) is 5.92 Å². The molecule has 0 radical (unpaired) electrons. The Kier molecular flexibility index (Phi) is 5.28. The SMILES string of the molecule is CCC(C)C(=O)NC1CNCCC1c1ccc(F)c(F)c1. The van der Waals surface area contributed by atoms with Crippen molar-refractivity contribution < 1.29 is 13.6 Å². The molecule has 1 aliphatic heterocycles. The summed E-state index contributed by atoms with van der Waals surface area (Å²) in [7, 11) is 0. The molecule has 3 unspecified atom stereocenters. The summed E-state index contributed by atoms with van der Waals surface area (Å²) < 4.78 is 26.5. The van der Waals surface area contributed by atoms with Crippen molar-refractivity contribution in [2.45, 2.75) is 38.6 Å². The van der Waals surface area contributed by atoms with Crippen LogP contribution in [0.1, 0.15) is 38.2 Å². The summed E-state index contributed by atoms with van der Waals surface area (Å²) in [6.45, 7) is 5.31. The second-order valence-corrected chi connectivity index (χ2v) is 5.70. The van der Waals surface area contributed by atoms with E-state index in [1.54, 1.807) is 6.07 Å². The van der Waals surface area contributed by atoms with Crippen molar-refractivity contribution >= 4 is 5.91 Å². The van der Waals surface area contributed by atoms with Gasteiger partial charge in [0.1, 0.15) is 0 Å². The lowest BCUT2D eigenvalue weighted by Gasteiger charge is -2.34. The van der Waals surface area contributed by atoms with Crippen LogP contribution in [0.3, 0.4) is 0 Å². The number of halogens is 2. The van der Waals surface area contributed by atoms with E-state index in [-0.39, 0.29) is 23.8 Å². The molecule has 2 N–H and O–H groups in total. The van der Waals surface area contributed by atoms with Crippen LogP contribution in [0.15, 0.2) is 18.2 Å². The van der Waals surface area contributed by atoms with Gasteiger partial charge in [-0.05, 0) is 37.1 Å². The predicted molar refractivity (Wildman–Crippen MR) is 78.0 cm³/mol. The molecule has 21 heavy (non-hydrogen) atoms. The monoisotopic (exact) mass is 296 g/mol. The smallest absolute Gasteiger partial charge is 0.223 e. The Labute approximate surface area is 124 Å². The number of carbonyl (C=O) groups excluding carboxylic acids is 1. The van der Waals surface area contributed by atoms with Crippen molar-refractivity contribution in [3.05, 3.63) is 35.4 Å². The van der Waals surface area contributed by atoms with Crippen LogP contribution in [0.5, 0.6) is 0 Å². The highest BCUT2D eigenvalue weighted by atomic mass is 19.2. The second kappa shape index (κ2) is 6.98. The number of benzene rings is 1. The molecule has 1 aromatic rings. The lowest BCUT2D eigenvalue weighted by molar-refractivity contribution is -0.125. The van der Waals surface area contributed by atoms with Crippen LogP contribution >= 0.6 is 0 Å². The standard InChI is InChI=1S/C16H22F2N2O/c1-3-10(2)16(21)20-15-9-19-7-6-12(15)11-4-5-13(17)14(18)8-11/h4-5,8,10,12,15,19H,3,6-7,9H2,1-2H3,(H,20,21). The van der Waals surface area contributed by atoms with E-state index in [9.17, 15) is 13.6 Å². The Morgan fingerprint density at radius 3 is 2.86 bits per heavy atom. The molecule has 1 saturated heterocycles. The summed E-state index contributed by atoms with van der Waals surface area (Å²) in [5.41, 5.74) is 0.741. The van der Waals surface area contributed by atoms with Gasteiger partial charge in [-0.25, -0.2) is 8.78 Å². The zero-order valence-electron chi connectivity index (χ0n) is 12.5. The van der Waals surface area contributed by atoms with E-state index < -0.39 is 11.6 Å². The minimum Gasteiger partial charge on any atom is -0.351 e. The van der Waals surface area contributed by atoms with E-state index in [2.05, 4.69) is 10.6 Å². The third-order valence-electron chi connectivity index (χ3n) is 4.24. The molecule has 1 fully saturated rings. The van der Waals surface area contributed by atoms with Gasteiger partial charge in [0.05, 0.1) is 0 Å². The molecule has 0 saturated carbocycles. The largest absolute Gasteiger partial charge is 0.351 e. The van der Waals surface area contributed by atoms with Gasteiger partial charge >= 0.3 is 0 Å². The number of amides is 1. The van der Waals surface area contributed by atoms with E-state index in [4.69, 9.17) is 0 Å². The molecule has 1 aromatic carbocycles. The van der Waals surface area contributed by atoms with E-state index in [1.807, 2.05) is 13.8 Å². The lowest BCUT2D eigenvalue weighted by Crippen LogP contribution is -2.51. The van der Waals surface area contributed by atoms with Crippen LogP contribution in [0, 0.1) is 17.6 Å². The minimum absolute atomic E-state index is 0.00866. The number of hydrogen-bond donors (Lipinski definition) is 2. The van der Waals surface area contributed by atoms with Gasteiger partial charge in [0, 0.05) is 24.4 Å². The molecular weight excluding hydrogens is 274 g/mol. The molecule has 1 amide bonds. The Morgan fingerprint density at radius 1 is 1.43 bits per heavy atom. The summed E-state index contributed by atoms with van der Waals surface area (Å²) in [4.78, 5) is 12.1. The van der Waals surface area contributed by atoms with Gasteiger partial charge in [0.15, 0.2) is 11.6 Å². The van der Waals surface area contributed by atoms with E-state index in [0.717, 1.165) is 31.0 Å². The molecule has 0 spiro atoms. The van der Waals surface area contributed by atoms with Gasteiger partial charge < -0.3 is 10.6 Å². The van der Waals surface area contributed by atoms with Crippen LogP contribution in [0.25, 0.3) is 0 Å². The average Bonchev–Trinajstić information content (AvgIpc) is 2.49. The van der Waals surface area contributed by atoms with E-state index in [0.29, 0.717) is 6.54 Å². The summed E-state index contributed by atoms with van der Waals surface area (Å²) >= 11 is 0. The second-order valence-electron chi connectivity index (χ2n) is 5.70. The first kappa shape index (κ1) is 15.9. The van der Waals surface area contributed by atoms with Gasteiger partial charge in [-0.3, -0.25) is 4.79 Å². The first-order valence-corrected chi connectivity index (χ1v) is 7.49. The Balaban J connectivity index is 2.14. The molecule has 1 aliphatic rings. The van der Waals surface area contributed by atoms with Crippen LogP contribution < -0.4 is 10.6 Å². The summed E-state index contributed by atoms with van der Waals surface area (Å²) in [5.74, 6) is -1.70. The predicted octanol–water partition coefficient (Wildman–Crippen LogP) is 2.57. The van der Waals surface area contributed by atoms with Crippen molar-refractivity contribution in [1.29, 1.82) is 0 Å². The maximum absolute atomic E-state index is 13.4. The first-order valence-electron chi connectivity index (χ1n) is 7.49. The van der Waals surface area contributed by atoms with Crippen molar-refractivity contribution in [1.82, 2.24) is 10.6 Å². The van der Waals surface area contributed by atoms with Crippen molar-refractivity contribution in [3.63, 3.8) is 0 Å². The number of hydrogen-bond acceptors (Lipinski definition) is 2. The molecule has 0 aliphatic carbocycles. The number of rotatable bonds is 4. The molecule has 5 heteroatoms. The fraction of sp³-hybridized carbons (Fsp3) is 0.562. The summed E-state index contributed by atoms with van der Waals surface area (Å²) in [5, 5.41) is 6.27. The molecule has 3 nitrogen and oxygen atoms in total. The Morgan fingerprint density at radius 2 is 2.19 bits per heavy atom. The zero-order valence-corrected chi connectivity index (χ0v) is 12.5. The fourth-order valence-electron chi connectivity index (χ4n) is 2.66. The normalized spacial score (nSPS) is 23.6. The quantitative estimate of drug-likeness (QED) is 0.896. The van der Waals surface area contributed by atoms with Gasteiger partial charge in [0.2, 0.25) is 5.91 Å². The van der Waals surface area contributed by atoms with Crippen LogP contribution in [-0.4, -0.2) is 25.0 Å². The number of nitrogens with one attached hydrogen (secondary N) is 2. The zero-order chi connectivity index (χ0) is 15.4. The Hall–Kier alpha value is -1.49. The molecule has 1 heterocycles. The average molecular weight is 296 g/mol. The maximum atomic E-state index is 13.4. The number of carbonyl (C=O) groups is 1. The van der Waals surface area contributed by atoms with Crippen molar-refractivity contribution in [2.75, 3.05) is 13.1 Å².